The van der Waals surface area contributed by atoms with E-state index in [4.69, 9.17) is 9.47 Å². The van der Waals surface area contributed by atoms with Crippen LogP contribution in [0.1, 0.15) is 58.9 Å². The van der Waals surface area contributed by atoms with Crippen molar-refractivity contribution in [2.45, 2.75) is 65.1 Å². The topological polar surface area (TPSA) is 18.5 Å². The van der Waals surface area contributed by atoms with Crippen molar-refractivity contribution in [3.05, 3.63) is 23.8 Å². The van der Waals surface area contributed by atoms with Gasteiger partial charge in [0, 0.05) is 0 Å². The molecule has 0 unspecified atom stereocenters. The number of benzene rings is 1. The van der Waals surface area contributed by atoms with Gasteiger partial charge in [0.05, 0.1) is 6.10 Å². The van der Waals surface area contributed by atoms with Crippen LogP contribution in [0.5, 0.6) is 11.5 Å². The molecular weight excluding hydrogens is 224 g/mol. The Hall–Kier alpha value is -1.18. The zero-order valence-electron chi connectivity index (χ0n) is 12.1. The second-order valence-electron chi connectivity index (χ2n) is 6.39. The number of hydrogen-bond donors (Lipinski definition) is 0. The maximum Gasteiger partial charge on any atom is 0.162 e. The first-order chi connectivity index (χ1) is 8.35. The Morgan fingerprint density at radius 1 is 1.11 bits per heavy atom. The molecule has 2 rings (SSSR count). The van der Waals surface area contributed by atoms with Gasteiger partial charge in [-0.15, -0.1) is 0 Å². The monoisotopic (exact) mass is 248 g/mol. The summed E-state index contributed by atoms with van der Waals surface area (Å²) in [5.74, 6) is 2.26. The highest BCUT2D eigenvalue weighted by molar-refractivity contribution is 5.44. The molecule has 0 radical (unpaired) electrons. The minimum Gasteiger partial charge on any atom is -0.487 e. The smallest absolute Gasteiger partial charge is 0.162 e. The van der Waals surface area contributed by atoms with E-state index in [-0.39, 0.29) is 5.60 Å². The summed E-state index contributed by atoms with van der Waals surface area (Å²) >= 11 is 0. The van der Waals surface area contributed by atoms with Crippen molar-refractivity contribution < 1.29 is 9.47 Å². The molecule has 1 saturated carbocycles. The van der Waals surface area contributed by atoms with Gasteiger partial charge in [-0.2, -0.15) is 0 Å². The molecule has 0 bridgehead atoms. The number of hydrogen-bond acceptors (Lipinski definition) is 2. The lowest BCUT2D eigenvalue weighted by Crippen LogP contribution is -2.23. The van der Waals surface area contributed by atoms with Gasteiger partial charge in [-0.1, -0.05) is 19.9 Å². The molecule has 1 aromatic rings. The van der Waals surface area contributed by atoms with E-state index in [9.17, 15) is 0 Å². The zero-order chi connectivity index (χ0) is 13.3. The quantitative estimate of drug-likeness (QED) is 0.779. The van der Waals surface area contributed by atoms with Crippen molar-refractivity contribution in [2.24, 2.45) is 0 Å². The second-order valence-corrected chi connectivity index (χ2v) is 6.39. The van der Waals surface area contributed by atoms with Gasteiger partial charge in [-0.3, -0.25) is 0 Å². The van der Waals surface area contributed by atoms with Gasteiger partial charge in [0.2, 0.25) is 0 Å². The van der Waals surface area contributed by atoms with Crippen LogP contribution in [0.15, 0.2) is 18.2 Å². The summed E-state index contributed by atoms with van der Waals surface area (Å²) in [7, 11) is 0. The van der Waals surface area contributed by atoms with Crippen LogP contribution in [0, 0.1) is 0 Å². The molecule has 2 heteroatoms. The van der Waals surface area contributed by atoms with E-state index in [1.807, 2.05) is 0 Å². The van der Waals surface area contributed by atoms with Crippen LogP contribution in [-0.2, 0) is 0 Å². The molecule has 0 spiro atoms. The van der Waals surface area contributed by atoms with E-state index in [2.05, 4.69) is 52.8 Å². The third kappa shape index (κ3) is 3.66. The highest BCUT2D eigenvalue weighted by Crippen LogP contribution is 2.37. The molecule has 1 fully saturated rings. The summed E-state index contributed by atoms with van der Waals surface area (Å²) in [5.41, 5.74) is 1.09. The van der Waals surface area contributed by atoms with Crippen LogP contribution in [-0.4, -0.2) is 11.7 Å². The lowest BCUT2D eigenvalue weighted by molar-refractivity contribution is 0.122. The summed E-state index contributed by atoms with van der Waals surface area (Å²) < 4.78 is 11.9. The molecule has 1 aliphatic rings. The Balaban J connectivity index is 2.26. The van der Waals surface area contributed by atoms with Gasteiger partial charge < -0.3 is 9.47 Å². The lowest BCUT2D eigenvalue weighted by atomic mass is 10.0. The lowest BCUT2D eigenvalue weighted by Gasteiger charge is -2.24. The number of rotatable bonds is 4. The van der Waals surface area contributed by atoms with E-state index < -0.39 is 0 Å². The van der Waals surface area contributed by atoms with E-state index in [1.165, 1.54) is 18.4 Å². The first-order valence-corrected chi connectivity index (χ1v) is 6.85. The van der Waals surface area contributed by atoms with Gasteiger partial charge in [-0.25, -0.2) is 0 Å². The molecule has 2 nitrogen and oxygen atoms in total. The fourth-order valence-electron chi connectivity index (χ4n) is 1.76. The predicted octanol–water partition coefficient (Wildman–Crippen LogP) is 4.53. The van der Waals surface area contributed by atoms with Crippen LogP contribution in [0.2, 0.25) is 0 Å². The molecule has 0 aromatic heterocycles. The molecule has 1 aliphatic carbocycles. The Morgan fingerprint density at radius 2 is 1.78 bits per heavy atom. The van der Waals surface area contributed by atoms with Gasteiger partial charge in [0.15, 0.2) is 11.5 Å². The van der Waals surface area contributed by atoms with Crippen molar-refractivity contribution >= 4 is 0 Å². The van der Waals surface area contributed by atoms with Crippen LogP contribution >= 0.6 is 0 Å². The third-order valence-corrected chi connectivity index (χ3v) is 2.87. The van der Waals surface area contributed by atoms with Crippen molar-refractivity contribution in [2.75, 3.05) is 0 Å². The predicted molar refractivity (Wildman–Crippen MR) is 74.6 cm³/mol. The van der Waals surface area contributed by atoms with Gasteiger partial charge in [0.25, 0.3) is 0 Å². The SMILES string of the molecule is CC(C)c1ccc(OC2CC2)c(OC(C)(C)C)c1. The summed E-state index contributed by atoms with van der Waals surface area (Å²) in [6.07, 6.45) is 2.74. The molecule has 0 N–H and O–H groups in total. The van der Waals surface area contributed by atoms with E-state index in [1.54, 1.807) is 0 Å². The average molecular weight is 248 g/mol. The van der Waals surface area contributed by atoms with Crippen LogP contribution < -0.4 is 9.47 Å². The first-order valence-electron chi connectivity index (χ1n) is 6.85. The standard InChI is InChI=1S/C16H24O2/c1-11(2)12-6-9-14(17-13-7-8-13)15(10-12)18-16(3,4)5/h6,9-11,13H,7-8H2,1-5H3. The minimum atomic E-state index is -0.197. The Morgan fingerprint density at radius 3 is 2.28 bits per heavy atom. The fraction of sp³-hybridized carbons (Fsp3) is 0.625. The van der Waals surface area contributed by atoms with Crippen LogP contribution in [0.4, 0.5) is 0 Å². The minimum absolute atomic E-state index is 0.197. The maximum atomic E-state index is 6.03. The van der Waals surface area contributed by atoms with Crippen LogP contribution in [0.25, 0.3) is 0 Å². The highest BCUT2D eigenvalue weighted by atomic mass is 16.5. The van der Waals surface area contributed by atoms with E-state index in [0.29, 0.717) is 12.0 Å². The van der Waals surface area contributed by atoms with Crippen molar-refractivity contribution in [1.29, 1.82) is 0 Å². The Labute approximate surface area is 110 Å². The average Bonchev–Trinajstić information content (AvgIpc) is 3.02. The summed E-state index contributed by atoms with van der Waals surface area (Å²) in [5, 5.41) is 0. The normalized spacial score (nSPS) is 15.9. The summed E-state index contributed by atoms with van der Waals surface area (Å²) in [6.45, 7) is 10.6. The van der Waals surface area contributed by atoms with E-state index in [0.717, 1.165) is 11.5 Å². The summed E-state index contributed by atoms with van der Waals surface area (Å²) in [6, 6.07) is 6.31. The fourth-order valence-corrected chi connectivity index (χ4v) is 1.76. The second kappa shape index (κ2) is 4.83. The molecule has 0 amide bonds. The van der Waals surface area contributed by atoms with Crippen molar-refractivity contribution in [3.8, 4) is 11.5 Å². The van der Waals surface area contributed by atoms with Gasteiger partial charge in [-0.05, 0) is 57.2 Å². The van der Waals surface area contributed by atoms with E-state index >= 15 is 0 Å². The maximum absolute atomic E-state index is 6.03. The largest absolute Gasteiger partial charge is 0.487 e. The molecule has 1 aromatic carbocycles. The highest BCUT2D eigenvalue weighted by Gasteiger charge is 2.26. The molecule has 18 heavy (non-hydrogen) atoms. The molecule has 0 heterocycles. The molecular formula is C16H24O2. The van der Waals surface area contributed by atoms with Crippen molar-refractivity contribution in [1.82, 2.24) is 0 Å². The van der Waals surface area contributed by atoms with Crippen molar-refractivity contribution in [3.63, 3.8) is 0 Å². The summed E-state index contributed by atoms with van der Waals surface area (Å²) in [4.78, 5) is 0. The Kier molecular flexibility index (Phi) is 3.56. The Bertz CT molecular complexity index is 412. The zero-order valence-corrected chi connectivity index (χ0v) is 12.1. The third-order valence-electron chi connectivity index (χ3n) is 2.87. The number of ether oxygens (including phenoxy) is 2. The molecule has 0 saturated heterocycles. The molecule has 0 atom stereocenters. The van der Waals surface area contributed by atoms with Crippen LogP contribution in [0.3, 0.4) is 0 Å². The van der Waals surface area contributed by atoms with Gasteiger partial charge in [0.1, 0.15) is 5.60 Å². The molecule has 100 valence electrons. The first kappa shape index (κ1) is 13.3. The van der Waals surface area contributed by atoms with Gasteiger partial charge >= 0.3 is 0 Å². The molecule has 0 aliphatic heterocycles.